The lowest BCUT2D eigenvalue weighted by Gasteiger charge is -2.28. The Balaban J connectivity index is 1.49. The smallest absolute Gasteiger partial charge is 0.298 e. The van der Waals surface area contributed by atoms with Gasteiger partial charge in [0, 0.05) is 35.6 Å². The molecule has 0 unspecified atom stereocenters. The van der Waals surface area contributed by atoms with Crippen molar-refractivity contribution in [1.29, 1.82) is 0 Å². The molecule has 2 aromatic carbocycles. The van der Waals surface area contributed by atoms with Crippen molar-refractivity contribution in [1.82, 2.24) is 4.57 Å². The molecule has 5 rings (SSSR count). The van der Waals surface area contributed by atoms with E-state index in [4.69, 9.17) is 11.6 Å². The molecule has 1 aromatic heterocycles. The van der Waals surface area contributed by atoms with Crippen LogP contribution in [0.5, 0.6) is 0 Å². The average molecular weight is 537 g/mol. The van der Waals surface area contributed by atoms with Crippen LogP contribution in [-0.4, -0.2) is 33.7 Å². The minimum absolute atomic E-state index is 0.0797. The quantitative estimate of drug-likeness (QED) is 0.200. The highest BCUT2D eigenvalue weighted by atomic mass is 35.5. The van der Waals surface area contributed by atoms with Gasteiger partial charge in [0.1, 0.15) is 5.69 Å². The lowest BCUT2D eigenvalue weighted by Crippen LogP contribution is -2.30. The summed E-state index contributed by atoms with van der Waals surface area (Å²) in [7, 11) is 0. The molecular formula is C27H25ClN4O4S. The van der Waals surface area contributed by atoms with Gasteiger partial charge in [-0.2, -0.15) is 0 Å². The van der Waals surface area contributed by atoms with Crippen LogP contribution in [0.25, 0.3) is 11.8 Å². The number of rotatable bonds is 5. The van der Waals surface area contributed by atoms with Crippen LogP contribution in [0.2, 0.25) is 5.02 Å². The monoisotopic (exact) mass is 536 g/mol. The van der Waals surface area contributed by atoms with Gasteiger partial charge in [0.25, 0.3) is 16.8 Å². The SMILES string of the molecule is Cc1cc(/C=C2\SC(=O)N(c3cccc(Cl)c3)C2=O)c(C)n1-c1ccc(N2CCCCC2)c([N+](=O)[O-])c1. The van der Waals surface area contributed by atoms with Crippen molar-refractivity contribution in [2.45, 2.75) is 33.1 Å². The first-order chi connectivity index (χ1) is 17.7. The Morgan fingerprint density at radius 3 is 2.46 bits per heavy atom. The molecule has 3 aromatic rings. The summed E-state index contributed by atoms with van der Waals surface area (Å²) in [6, 6.07) is 13.9. The van der Waals surface area contributed by atoms with Gasteiger partial charge in [0.2, 0.25) is 0 Å². The Kier molecular flexibility index (Phi) is 6.83. The van der Waals surface area contributed by atoms with Crippen LogP contribution in [0.3, 0.4) is 0 Å². The number of carbonyl (C=O) groups is 2. The second kappa shape index (κ2) is 10.1. The molecule has 0 spiro atoms. The average Bonchev–Trinajstić information content (AvgIpc) is 3.32. The lowest BCUT2D eigenvalue weighted by molar-refractivity contribution is -0.384. The predicted molar refractivity (Wildman–Crippen MR) is 148 cm³/mol. The van der Waals surface area contributed by atoms with E-state index >= 15 is 0 Å². The Morgan fingerprint density at radius 1 is 1.00 bits per heavy atom. The van der Waals surface area contributed by atoms with E-state index in [0.29, 0.717) is 27.0 Å². The zero-order valence-electron chi connectivity index (χ0n) is 20.4. The molecule has 0 N–H and O–H groups in total. The molecule has 8 nitrogen and oxygen atoms in total. The van der Waals surface area contributed by atoms with E-state index in [1.54, 1.807) is 36.4 Å². The van der Waals surface area contributed by atoms with Gasteiger partial charge < -0.3 is 9.47 Å². The minimum atomic E-state index is -0.413. The maximum Gasteiger partial charge on any atom is 0.298 e. The van der Waals surface area contributed by atoms with Crippen LogP contribution in [0.4, 0.5) is 21.9 Å². The van der Waals surface area contributed by atoms with E-state index < -0.39 is 11.1 Å². The fourth-order valence-corrected chi connectivity index (χ4v) is 5.99. The number of amides is 2. The number of imide groups is 1. The van der Waals surface area contributed by atoms with Gasteiger partial charge in [-0.15, -0.1) is 0 Å². The summed E-state index contributed by atoms with van der Waals surface area (Å²) in [6.45, 7) is 5.43. The number of halogens is 1. The van der Waals surface area contributed by atoms with Crippen LogP contribution in [0.15, 0.2) is 53.4 Å². The van der Waals surface area contributed by atoms with E-state index in [1.165, 1.54) is 0 Å². The Morgan fingerprint density at radius 2 is 1.76 bits per heavy atom. The van der Waals surface area contributed by atoms with Crippen molar-refractivity contribution < 1.29 is 14.5 Å². The van der Waals surface area contributed by atoms with Gasteiger partial charge in [-0.25, -0.2) is 4.90 Å². The first kappa shape index (κ1) is 25.1. The van der Waals surface area contributed by atoms with Crippen molar-refractivity contribution in [3.63, 3.8) is 0 Å². The summed E-state index contributed by atoms with van der Waals surface area (Å²) in [5, 5.41) is 12.0. The van der Waals surface area contributed by atoms with Gasteiger partial charge >= 0.3 is 0 Å². The number of nitro groups is 1. The van der Waals surface area contributed by atoms with Crippen LogP contribution in [-0.2, 0) is 4.79 Å². The normalized spacial score (nSPS) is 17.2. The van der Waals surface area contributed by atoms with Gasteiger partial charge in [-0.1, -0.05) is 17.7 Å². The van der Waals surface area contributed by atoms with Crippen LogP contribution >= 0.6 is 23.4 Å². The second-order valence-corrected chi connectivity index (χ2v) is 10.6. The summed E-state index contributed by atoms with van der Waals surface area (Å²) in [5.41, 5.74) is 4.25. The molecule has 2 aliphatic heterocycles. The molecule has 0 aliphatic carbocycles. The number of aromatic nitrogens is 1. The number of aryl methyl sites for hydroxylation is 1. The molecule has 0 bridgehead atoms. The standard InChI is InChI=1S/C27H25ClN4O4S/c1-17-13-19(14-25-26(33)31(27(34)37-25)21-8-6-7-20(28)15-21)18(2)30(17)22-9-10-23(24(16-22)32(35)36)29-11-4-3-5-12-29/h6-10,13-16H,3-5,11-12H2,1-2H3/b25-14-. The number of anilines is 2. The zero-order valence-corrected chi connectivity index (χ0v) is 22.0. The third-order valence-corrected chi connectivity index (χ3v) is 7.83. The molecule has 2 saturated heterocycles. The van der Waals surface area contributed by atoms with Crippen molar-refractivity contribution in [2.24, 2.45) is 0 Å². The number of benzene rings is 2. The summed E-state index contributed by atoms with van der Waals surface area (Å²) in [4.78, 5) is 40.9. The summed E-state index contributed by atoms with van der Waals surface area (Å²) < 4.78 is 1.93. The van der Waals surface area contributed by atoms with Gasteiger partial charge in [-0.3, -0.25) is 19.7 Å². The Bertz CT molecular complexity index is 1460. The molecule has 0 radical (unpaired) electrons. The highest BCUT2D eigenvalue weighted by molar-refractivity contribution is 8.19. The first-order valence-electron chi connectivity index (χ1n) is 12.0. The molecule has 0 atom stereocenters. The Labute approximate surface area is 223 Å². The van der Waals surface area contributed by atoms with E-state index in [9.17, 15) is 19.7 Å². The topological polar surface area (TPSA) is 88.7 Å². The Hall–Kier alpha value is -3.56. The molecule has 2 amide bonds. The van der Waals surface area contributed by atoms with Crippen molar-refractivity contribution >= 4 is 57.6 Å². The van der Waals surface area contributed by atoms with E-state index in [2.05, 4.69) is 4.90 Å². The predicted octanol–water partition coefficient (Wildman–Crippen LogP) is 6.89. The maximum atomic E-state index is 13.1. The van der Waals surface area contributed by atoms with Crippen molar-refractivity contribution in [2.75, 3.05) is 22.9 Å². The van der Waals surface area contributed by atoms with Gasteiger partial charge in [0.05, 0.1) is 21.2 Å². The van der Waals surface area contributed by atoms with E-state index in [0.717, 1.165) is 66.0 Å². The first-order valence-corrected chi connectivity index (χ1v) is 13.2. The van der Waals surface area contributed by atoms with Gasteiger partial charge in [0.15, 0.2) is 0 Å². The summed E-state index contributed by atoms with van der Waals surface area (Å²) >= 11 is 6.92. The minimum Gasteiger partial charge on any atom is -0.366 e. The number of hydrogen-bond donors (Lipinski definition) is 0. The third-order valence-electron chi connectivity index (χ3n) is 6.73. The number of nitrogens with zero attached hydrogens (tertiary/aromatic N) is 4. The molecule has 0 saturated carbocycles. The molecule has 2 aliphatic rings. The molecule has 2 fully saturated rings. The maximum absolute atomic E-state index is 13.1. The molecule has 3 heterocycles. The number of carbonyl (C=O) groups excluding carboxylic acids is 2. The highest BCUT2D eigenvalue weighted by Crippen LogP contribution is 2.38. The summed E-state index contributed by atoms with van der Waals surface area (Å²) in [6.07, 6.45) is 4.90. The number of hydrogen-bond acceptors (Lipinski definition) is 6. The zero-order chi connectivity index (χ0) is 26.3. The summed E-state index contributed by atoms with van der Waals surface area (Å²) in [5.74, 6) is -0.413. The number of nitro benzene ring substituents is 1. The van der Waals surface area contributed by atoms with Gasteiger partial charge in [-0.05, 0) is 92.9 Å². The van der Waals surface area contributed by atoms with Crippen molar-refractivity contribution in [3.8, 4) is 5.69 Å². The highest BCUT2D eigenvalue weighted by Gasteiger charge is 2.36. The fraction of sp³-hybridized carbons (Fsp3) is 0.259. The largest absolute Gasteiger partial charge is 0.366 e. The second-order valence-electron chi connectivity index (χ2n) is 9.14. The third kappa shape index (κ3) is 4.76. The van der Waals surface area contributed by atoms with Crippen molar-refractivity contribution in [3.05, 3.63) is 85.5 Å². The molecule has 37 heavy (non-hydrogen) atoms. The van der Waals surface area contributed by atoms with E-state index in [1.807, 2.05) is 36.6 Å². The number of piperidine rings is 1. The van der Waals surface area contributed by atoms with E-state index in [-0.39, 0.29) is 10.6 Å². The van der Waals surface area contributed by atoms with Crippen LogP contribution in [0.1, 0.15) is 36.2 Å². The van der Waals surface area contributed by atoms with Crippen LogP contribution < -0.4 is 9.80 Å². The molecular weight excluding hydrogens is 512 g/mol. The fourth-order valence-electron chi connectivity index (χ4n) is 4.98. The molecule has 10 heteroatoms. The molecule has 190 valence electrons. The lowest BCUT2D eigenvalue weighted by atomic mass is 10.1. The van der Waals surface area contributed by atoms with Crippen LogP contribution in [0, 0.1) is 24.0 Å². The number of thioether (sulfide) groups is 1.